The number of ketones is 1. The normalized spacial score (nSPS) is 36.8. The number of fused-ring (bicyclic) bond motifs is 1. The molecule has 0 aromatic heterocycles. The molecule has 1 heterocycles. The topological polar surface area (TPSA) is 35.5 Å². The molecule has 178 valence electrons. The zero-order valence-electron chi connectivity index (χ0n) is 21.8. The van der Waals surface area contributed by atoms with Gasteiger partial charge < -0.3 is 9.47 Å². The minimum atomic E-state index is -0.435. The first kappa shape index (κ1) is 23.6. The number of carbonyl (C=O) groups is 1. The third kappa shape index (κ3) is 3.49. The molecule has 0 unspecified atom stereocenters. The second-order valence-electron chi connectivity index (χ2n) is 12.3. The third-order valence-corrected chi connectivity index (χ3v) is 9.15. The zero-order chi connectivity index (χ0) is 23.6. The second-order valence-corrected chi connectivity index (χ2v) is 12.3. The summed E-state index contributed by atoms with van der Waals surface area (Å²) in [6.45, 7) is 17.9. The Morgan fingerprint density at radius 3 is 2.31 bits per heavy atom. The maximum Gasteiger partial charge on any atom is 0.191 e. The van der Waals surface area contributed by atoms with Gasteiger partial charge in [-0.2, -0.15) is 0 Å². The van der Waals surface area contributed by atoms with Gasteiger partial charge in [0.25, 0.3) is 0 Å². The smallest absolute Gasteiger partial charge is 0.191 e. The maximum absolute atomic E-state index is 13.5. The average molecular weight is 441 g/mol. The number of hydrogen-bond donors (Lipinski definition) is 0. The summed E-state index contributed by atoms with van der Waals surface area (Å²) in [5.74, 6) is 5.11. The van der Waals surface area contributed by atoms with Crippen LogP contribution in [0, 0.1) is 40.9 Å². The number of carbonyl (C=O) groups excluding carboxylic acids is 1. The molecule has 1 fully saturated rings. The van der Waals surface area contributed by atoms with Gasteiger partial charge in [0, 0.05) is 11.1 Å². The van der Waals surface area contributed by atoms with Crippen molar-refractivity contribution in [2.24, 2.45) is 40.9 Å². The van der Waals surface area contributed by atoms with E-state index in [1.165, 1.54) is 19.3 Å². The van der Waals surface area contributed by atoms with Gasteiger partial charge >= 0.3 is 0 Å². The van der Waals surface area contributed by atoms with E-state index in [2.05, 4.69) is 54.5 Å². The Hall–Kier alpha value is -1.51. The molecule has 1 aliphatic heterocycles. The van der Waals surface area contributed by atoms with Gasteiger partial charge in [-0.15, -0.1) is 0 Å². The Morgan fingerprint density at radius 1 is 1.06 bits per heavy atom. The van der Waals surface area contributed by atoms with E-state index in [4.69, 9.17) is 9.47 Å². The van der Waals surface area contributed by atoms with Crippen LogP contribution in [-0.2, 0) is 14.3 Å². The van der Waals surface area contributed by atoms with Crippen LogP contribution in [0.2, 0.25) is 0 Å². The lowest BCUT2D eigenvalue weighted by Gasteiger charge is -2.52. The van der Waals surface area contributed by atoms with E-state index in [1.54, 1.807) is 12.7 Å². The Labute approximate surface area is 195 Å². The fourth-order valence-electron chi connectivity index (χ4n) is 7.35. The molecule has 0 aromatic carbocycles. The molecule has 0 N–H and O–H groups in total. The van der Waals surface area contributed by atoms with Gasteiger partial charge in [-0.1, -0.05) is 40.2 Å². The van der Waals surface area contributed by atoms with Crippen molar-refractivity contribution in [3.63, 3.8) is 0 Å². The summed E-state index contributed by atoms with van der Waals surface area (Å²) in [7, 11) is 1.68. The highest BCUT2D eigenvalue weighted by atomic mass is 16.5. The van der Waals surface area contributed by atoms with Crippen molar-refractivity contribution in [2.75, 3.05) is 7.11 Å². The lowest BCUT2D eigenvalue weighted by atomic mass is 9.59. The van der Waals surface area contributed by atoms with Gasteiger partial charge in [0.1, 0.15) is 17.1 Å². The van der Waals surface area contributed by atoms with Crippen molar-refractivity contribution in [3.05, 3.63) is 34.3 Å². The number of allylic oxidation sites excluding steroid dienone is 3. The van der Waals surface area contributed by atoms with Crippen LogP contribution in [-0.4, -0.2) is 18.5 Å². The highest BCUT2D eigenvalue weighted by molar-refractivity contribution is 6.10. The number of rotatable bonds is 3. The van der Waals surface area contributed by atoms with Crippen molar-refractivity contribution >= 4 is 5.78 Å². The molecular weight excluding hydrogens is 396 g/mol. The van der Waals surface area contributed by atoms with E-state index >= 15 is 0 Å². The van der Waals surface area contributed by atoms with Crippen molar-refractivity contribution in [1.82, 2.24) is 0 Å². The molecule has 1 spiro atoms. The summed E-state index contributed by atoms with van der Waals surface area (Å²) < 4.78 is 12.8. The van der Waals surface area contributed by atoms with Gasteiger partial charge in [-0.05, 0) is 94.5 Å². The van der Waals surface area contributed by atoms with E-state index < -0.39 is 5.41 Å². The quantitative estimate of drug-likeness (QED) is 0.434. The lowest BCUT2D eigenvalue weighted by molar-refractivity contribution is -0.117. The molecule has 3 nitrogen and oxygen atoms in total. The lowest BCUT2D eigenvalue weighted by Crippen LogP contribution is -2.49. The first-order valence-corrected chi connectivity index (χ1v) is 12.9. The molecule has 3 aliphatic carbocycles. The molecule has 0 amide bonds. The average Bonchev–Trinajstić information content (AvgIpc) is 2.72. The van der Waals surface area contributed by atoms with Crippen molar-refractivity contribution in [1.29, 1.82) is 0 Å². The molecule has 0 saturated heterocycles. The number of Topliss-reactive ketones (excluding diaryl/α,β-unsaturated/α-hetero) is 1. The zero-order valence-corrected chi connectivity index (χ0v) is 21.8. The van der Waals surface area contributed by atoms with Crippen LogP contribution >= 0.6 is 0 Å². The molecule has 0 radical (unpaired) electrons. The summed E-state index contributed by atoms with van der Waals surface area (Å²) in [6.07, 6.45) is 8.34. The van der Waals surface area contributed by atoms with Crippen molar-refractivity contribution in [3.8, 4) is 0 Å². The van der Waals surface area contributed by atoms with Gasteiger partial charge in [0.2, 0.25) is 0 Å². The van der Waals surface area contributed by atoms with E-state index in [-0.39, 0.29) is 17.3 Å². The largest absolute Gasteiger partial charge is 0.500 e. The van der Waals surface area contributed by atoms with Crippen LogP contribution in [0.25, 0.3) is 0 Å². The molecule has 0 aromatic rings. The summed E-state index contributed by atoms with van der Waals surface area (Å²) in [5, 5.41) is 0. The third-order valence-electron chi connectivity index (χ3n) is 9.15. The van der Waals surface area contributed by atoms with Crippen molar-refractivity contribution in [2.45, 2.75) is 93.1 Å². The van der Waals surface area contributed by atoms with Crippen LogP contribution in [0.4, 0.5) is 0 Å². The van der Waals surface area contributed by atoms with Crippen LogP contribution in [0.1, 0.15) is 87.5 Å². The minimum Gasteiger partial charge on any atom is -0.500 e. The van der Waals surface area contributed by atoms with E-state index in [9.17, 15) is 4.79 Å². The van der Waals surface area contributed by atoms with Crippen molar-refractivity contribution < 1.29 is 14.3 Å². The standard InChI is InChI=1S/C29H44O3/c1-16(2)20-11-10-18(5)21-12-13-29(15-23(20)21)14-22(17(3)4)24-25(30)19(6)26(31-9)28(7,8)27(24)32-29/h15-18,20-22H,10-14H2,1-9H3/t18-,20+,21-,22+,29-/m1/s1. The Morgan fingerprint density at radius 2 is 1.72 bits per heavy atom. The highest BCUT2D eigenvalue weighted by Gasteiger charge is 2.54. The van der Waals surface area contributed by atoms with E-state index in [0.29, 0.717) is 23.7 Å². The number of hydrogen-bond acceptors (Lipinski definition) is 3. The maximum atomic E-state index is 13.5. The molecule has 5 atom stereocenters. The van der Waals surface area contributed by atoms with Gasteiger partial charge in [0.15, 0.2) is 5.78 Å². The van der Waals surface area contributed by atoms with Gasteiger partial charge in [-0.3, -0.25) is 4.79 Å². The van der Waals surface area contributed by atoms with Crippen LogP contribution < -0.4 is 0 Å². The molecule has 0 bridgehead atoms. The van der Waals surface area contributed by atoms with E-state index in [1.807, 2.05) is 6.92 Å². The summed E-state index contributed by atoms with van der Waals surface area (Å²) >= 11 is 0. The number of ether oxygens (including phenoxy) is 2. The molecule has 1 saturated carbocycles. The summed E-state index contributed by atoms with van der Waals surface area (Å²) in [6, 6.07) is 0. The van der Waals surface area contributed by atoms with Crippen LogP contribution in [0.5, 0.6) is 0 Å². The Kier molecular flexibility index (Phi) is 5.96. The minimum absolute atomic E-state index is 0.123. The summed E-state index contributed by atoms with van der Waals surface area (Å²) in [5.41, 5.74) is 2.56. The van der Waals surface area contributed by atoms with Crippen LogP contribution in [0.15, 0.2) is 34.3 Å². The predicted molar refractivity (Wildman–Crippen MR) is 130 cm³/mol. The Bertz CT molecular complexity index is 884. The van der Waals surface area contributed by atoms with Gasteiger partial charge in [0.05, 0.1) is 12.5 Å². The SMILES string of the molecule is COC1=C(C)C(=O)C2=C(O[C@@]3(C=C4[C@H](C(C)C)CC[C@@H](C)[C@H]4CC3)C[C@H]2C(C)C)C1(C)C. The molecule has 4 rings (SSSR count). The number of methoxy groups -OCH3 is 1. The van der Waals surface area contributed by atoms with E-state index in [0.717, 1.165) is 41.4 Å². The summed E-state index contributed by atoms with van der Waals surface area (Å²) in [4.78, 5) is 13.5. The molecular formula is C29H44O3. The molecule has 4 aliphatic rings. The van der Waals surface area contributed by atoms with Crippen LogP contribution in [0.3, 0.4) is 0 Å². The predicted octanol–water partition coefficient (Wildman–Crippen LogP) is 7.24. The Balaban J connectivity index is 1.84. The fraction of sp³-hybridized carbons (Fsp3) is 0.759. The van der Waals surface area contributed by atoms with Gasteiger partial charge in [-0.25, -0.2) is 0 Å². The second kappa shape index (κ2) is 8.06. The molecule has 32 heavy (non-hydrogen) atoms. The first-order valence-electron chi connectivity index (χ1n) is 12.9. The first-order chi connectivity index (χ1) is 14.9. The monoisotopic (exact) mass is 440 g/mol. The fourth-order valence-corrected chi connectivity index (χ4v) is 7.35. The molecule has 3 heteroatoms. The highest BCUT2D eigenvalue weighted by Crippen LogP contribution is 2.57.